The molecule has 1 heterocycles. The summed E-state index contributed by atoms with van der Waals surface area (Å²) in [7, 11) is 2.13. The maximum atomic E-state index is 5.80. The molecule has 0 spiro atoms. The lowest BCUT2D eigenvalue weighted by Gasteiger charge is -2.01. The lowest BCUT2D eigenvalue weighted by atomic mass is 9.98. The first kappa shape index (κ1) is 11.2. The van der Waals surface area contributed by atoms with Gasteiger partial charge in [0, 0.05) is 17.3 Å². The van der Waals surface area contributed by atoms with Crippen LogP contribution in [-0.4, -0.2) is 17.3 Å². The smallest absolute Gasteiger partial charge is 0.220 e. The highest BCUT2D eigenvalue weighted by atomic mass is 15.0. The summed E-state index contributed by atoms with van der Waals surface area (Å²) in [6.07, 6.45) is 0. The van der Waals surface area contributed by atoms with Gasteiger partial charge in [0.15, 0.2) is 0 Å². The molecule has 0 aromatic heterocycles. The standard InChI is InChI=1S/C18H14N2/c1-20-16-7-3-5-12-4-2-6-15(17(12)16)18(20)13-8-10-14(19)11-9-13/h2-11,19H,1H3/p+1. The van der Waals surface area contributed by atoms with Gasteiger partial charge in [-0.3, -0.25) is 0 Å². The SMILES string of the molecule is C[N+]1=C(c2ccc(N)cc2)c2cccc3cccc1c23. The normalized spacial score (nSPS) is 13.2. The summed E-state index contributed by atoms with van der Waals surface area (Å²) >= 11 is 0. The van der Waals surface area contributed by atoms with Crippen molar-refractivity contribution in [3.8, 4) is 0 Å². The first-order valence-corrected chi connectivity index (χ1v) is 6.74. The van der Waals surface area contributed by atoms with Crippen LogP contribution in [0.1, 0.15) is 11.1 Å². The number of benzene rings is 3. The molecule has 3 aromatic rings. The zero-order valence-corrected chi connectivity index (χ0v) is 11.3. The van der Waals surface area contributed by atoms with E-state index < -0.39 is 0 Å². The van der Waals surface area contributed by atoms with E-state index in [4.69, 9.17) is 5.73 Å². The second-order valence-electron chi connectivity index (χ2n) is 5.21. The van der Waals surface area contributed by atoms with Crippen LogP contribution in [0.25, 0.3) is 10.8 Å². The van der Waals surface area contributed by atoms with Crippen molar-refractivity contribution in [2.45, 2.75) is 0 Å². The quantitative estimate of drug-likeness (QED) is 0.525. The van der Waals surface area contributed by atoms with Gasteiger partial charge in [-0.1, -0.05) is 24.3 Å². The molecule has 2 heteroatoms. The van der Waals surface area contributed by atoms with Crippen molar-refractivity contribution in [1.29, 1.82) is 0 Å². The molecule has 3 aromatic carbocycles. The van der Waals surface area contributed by atoms with Crippen LogP contribution in [0, 0.1) is 0 Å². The van der Waals surface area contributed by atoms with E-state index in [-0.39, 0.29) is 0 Å². The molecule has 0 fully saturated rings. The van der Waals surface area contributed by atoms with E-state index in [0.717, 1.165) is 5.69 Å². The summed E-state index contributed by atoms with van der Waals surface area (Å²) < 4.78 is 2.27. The van der Waals surface area contributed by atoms with Crippen LogP contribution in [0.4, 0.5) is 11.4 Å². The van der Waals surface area contributed by atoms with E-state index >= 15 is 0 Å². The number of nitrogen functional groups attached to an aromatic ring is 1. The van der Waals surface area contributed by atoms with Crippen molar-refractivity contribution in [2.24, 2.45) is 0 Å². The molecule has 0 aliphatic carbocycles. The molecule has 1 aliphatic heterocycles. The fourth-order valence-corrected chi connectivity index (χ4v) is 3.09. The van der Waals surface area contributed by atoms with Crippen molar-refractivity contribution >= 4 is 27.9 Å². The Morgan fingerprint density at radius 1 is 0.850 bits per heavy atom. The van der Waals surface area contributed by atoms with Crippen molar-refractivity contribution in [2.75, 3.05) is 12.8 Å². The number of nitrogens with zero attached hydrogens (tertiary/aromatic N) is 1. The number of rotatable bonds is 1. The van der Waals surface area contributed by atoms with Gasteiger partial charge in [0.1, 0.15) is 7.05 Å². The molecule has 4 rings (SSSR count). The number of anilines is 1. The Labute approximate surface area is 117 Å². The highest BCUT2D eigenvalue weighted by molar-refractivity contribution is 6.22. The second kappa shape index (κ2) is 3.94. The first-order valence-electron chi connectivity index (χ1n) is 6.74. The molecular formula is C18H15N2+. The van der Waals surface area contributed by atoms with Gasteiger partial charge in [0.2, 0.25) is 11.4 Å². The van der Waals surface area contributed by atoms with Crippen molar-refractivity contribution in [1.82, 2.24) is 0 Å². The van der Waals surface area contributed by atoms with Crippen LogP contribution in [0.2, 0.25) is 0 Å². The van der Waals surface area contributed by atoms with Gasteiger partial charge in [0.25, 0.3) is 0 Å². The third kappa shape index (κ3) is 1.42. The van der Waals surface area contributed by atoms with Gasteiger partial charge in [-0.15, -0.1) is 0 Å². The molecule has 2 nitrogen and oxygen atoms in total. The largest absolute Gasteiger partial charge is 0.399 e. The molecule has 0 radical (unpaired) electrons. The van der Waals surface area contributed by atoms with Crippen molar-refractivity contribution < 1.29 is 4.58 Å². The van der Waals surface area contributed by atoms with E-state index in [1.54, 1.807) is 0 Å². The Morgan fingerprint density at radius 2 is 1.55 bits per heavy atom. The minimum Gasteiger partial charge on any atom is -0.399 e. The number of hydrogen-bond acceptors (Lipinski definition) is 1. The summed E-state index contributed by atoms with van der Waals surface area (Å²) in [5.41, 5.74) is 11.6. The van der Waals surface area contributed by atoms with E-state index in [2.05, 4.69) is 60.2 Å². The summed E-state index contributed by atoms with van der Waals surface area (Å²) in [4.78, 5) is 0. The van der Waals surface area contributed by atoms with Gasteiger partial charge in [-0.05, 0) is 35.7 Å². The molecule has 1 aliphatic rings. The van der Waals surface area contributed by atoms with E-state index in [1.165, 1.54) is 33.3 Å². The third-order valence-electron chi connectivity index (χ3n) is 4.02. The summed E-state index contributed by atoms with van der Waals surface area (Å²) in [5, 5.41) is 2.63. The van der Waals surface area contributed by atoms with Gasteiger partial charge in [-0.25, -0.2) is 0 Å². The lowest BCUT2D eigenvalue weighted by Crippen LogP contribution is -2.11. The van der Waals surface area contributed by atoms with E-state index in [9.17, 15) is 0 Å². The van der Waals surface area contributed by atoms with Crippen LogP contribution in [-0.2, 0) is 0 Å². The Balaban J connectivity index is 2.05. The summed E-state index contributed by atoms with van der Waals surface area (Å²) in [6, 6.07) is 21.0. The summed E-state index contributed by atoms with van der Waals surface area (Å²) in [5.74, 6) is 0. The van der Waals surface area contributed by atoms with E-state index in [0.29, 0.717) is 0 Å². The highest BCUT2D eigenvalue weighted by Crippen LogP contribution is 2.35. The van der Waals surface area contributed by atoms with Gasteiger partial charge < -0.3 is 5.73 Å². The van der Waals surface area contributed by atoms with Crippen LogP contribution in [0.3, 0.4) is 0 Å². The predicted molar refractivity (Wildman–Crippen MR) is 83.9 cm³/mol. The average Bonchev–Trinajstić information content (AvgIpc) is 2.76. The fraction of sp³-hybridized carbons (Fsp3) is 0.0556. The Morgan fingerprint density at radius 3 is 2.30 bits per heavy atom. The topological polar surface area (TPSA) is 29.0 Å². The first-order chi connectivity index (χ1) is 9.75. The monoisotopic (exact) mass is 259 g/mol. The minimum atomic E-state index is 0.797. The van der Waals surface area contributed by atoms with E-state index in [1.807, 2.05) is 12.1 Å². The van der Waals surface area contributed by atoms with Crippen LogP contribution in [0.5, 0.6) is 0 Å². The molecule has 96 valence electrons. The zero-order valence-electron chi connectivity index (χ0n) is 11.3. The van der Waals surface area contributed by atoms with Crippen LogP contribution >= 0.6 is 0 Å². The van der Waals surface area contributed by atoms with Crippen LogP contribution in [0.15, 0.2) is 60.7 Å². The maximum Gasteiger partial charge on any atom is 0.220 e. The molecule has 2 N–H and O–H groups in total. The zero-order chi connectivity index (χ0) is 13.7. The molecule has 0 atom stereocenters. The Kier molecular flexibility index (Phi) is 2.21. The molecule has 0 unspecified atom stereocenters. The van der Waals surface area contributed by atoms with Gasteiger partial charge in [0.05, 0.1) is 10.9 Å². The predicted octanol–water partition coefficient (Wildman–Crippen LogP) is 3.55. The molecule has 0 saturated carbocycles. The molecule has 20 heavy (non-hydrogen) atoms. The van der Waals surface area contributed by atoms with Crippen molar-refractivity contribution in [3.63, 3.8) is 0 Å². The van der Waals surface area contributed by atoms with Gasteiger partial charge in [-0.2, -0.15) is 4.58 Å². The highest BCUT2D eigenvalue weighted by Gasteiger charge is 2.30. The Hall–Kier alpha value is -2.61. The van der Waals surface area contributed by atoms with Crippen LogP contribution < -0.4 is 5.73 Å². The van der Waals surface area contributed by atoms with Gasteiger partial charge >= 0.3 is 0 Å². The molecular weight excluding hydrogens is 244 g/mol. The summed E-state index contributed by atoms with van der Waals surface area (Å²) in [6.45, 7) is 0. The Bertz CT molecular complexity index is 853. The number of hydrogen-bond donors (Lipinski definition) is 1. The molecule has 0 bridgehead atoms. The average molecular weight is 259 g/mol. The second-order valence-corrected chi connectivity index (χ2v) is 5.21. The molecule has 0 amide bonds. The van der Waals surface area contributed by atoms with Crippen molar-refractivity contribution in [3.05, 3.63) is 71.8 Å². The lowest BCUT2D eigenvalue weighted by molar-refractivity contribution is -0.399. The fourth-order valence-electron chi connectivity index (χ4n) is 3.09. The maximum absolute atomic E-state index is 5.80. The number of nitrogens with two attached hydrogens (primary N) is 1. The minimum absolute atomic E-state index is 0.797. The molecule has 0 saturated heterocycles. The third-order valence-corrected chi connectivity index (χ3v) is 4.02.